The van der Waals surface area contributed by atoms with Gasteiger partial charge in [-0.2, -0.15) is 0 Å². The maximum atomic E-state index is 12.5. The van der Waals surface area contributed by atoms with Crippen molar-refractivity contribution in [2.75, 3.05) is 26.2 Å². The number of nitrogens with one attached hydrogen (secondary N) is 1. The molecule has 2 rings (SSSR count). The van der Waals surface area contributed by atoms with E-state index < -0.39 is 5.54 Å². The molecule has 0 aromatic rings. The van der Waals surface area contributed by atoms with Gasteiger partial charge in [0.05, 0.1) is 0 Å². The fourth-order valence-corrected chi connectivity index (χ4v) is 3.07. The summed E-state index contributed by atoms with van der Waals surface area (Å²) in [4.78, 5) is 28.2. The summed E-state index contributed by atoms with van der Waals surface area (Å²) in [6.07, 6.45) is 3.81. The number of nitrogens with zero attached hydrogens (tertiary/aromatic N) is 2. The first-order valence-corrected chi connectivity index (χ1v) is 7.46. The molecule has 2 aliphatic heterocycles. The Kier molecular flexibility index (Phi) is 4.48. The fourth-order valence-electron chi connectivity index (χ4n) is 3.07. The zero-order valence-electron chi connectivity index (χ0n) is 12.5. The van der Waals surface area contributed by atoms with Gasteiger partial charge in [-0.25, -0.2) is 4.79 Å². The number of carbonyl (C=O) groups excluding carboxylic acids is 2. The highest BCUT2D eigenvalue weighted by atomic mass is 16.2. The van der Waals surface area contributed by atoms with Gasteiger partial charge in [0.25, 0.3) is 5.91 Å². The van der Waals surface area contributed by atoms with Crippen LogP contribution in [-0.2, 0) is 4.79 Å². The molecule has 0 aromatic carbocycles. The smallest absolute Gasteiger partial charge is 0.323 e. The third kappa shape index (κ3) is 2.87. The van der Waals surface area contributed by atoms with Gasteiger partial charge in [-0.15, -0.1) is 6.58 Å². The molecule has 0 radical (unpaired) electrons. The maximum absolute atomic E-state index is 12.5. The maximum Gasteiger partial charge on any atom is 0.325 e. The molecule has 0 bridgehead atoms. The van der Waals surface area contributed by atoms with E-state index in [4.69, 9.17) is 0 Å². The molecular formula is C15H25N3O2. The number of imide groups is 1. The van der Waals surface area contributed by atoms with Gasteiger partial charge < -0.3 is 10.2 Å². The van der Waals surface area contributed by atoms with Gasteiger partial charge in [0.1, 0.15) is 5.54 Å². The standard InChI is InChI=1S/C15H25N3O2/c1-4-5-8-18-13(19)15(16-14(18)20)6-9-17(10-7-15)11-12(2)3/h4,12H,1,5-11H2,2-3H3,(H,16,20). The van der Waals surface area contributed by atoms with E-state index in [1.54, 1.807) is 6.08 Å². The second-order valence-electron chi connectivity index (χ2n) is 6.24. The molecule has 5 heteroatoms. The molecule has 0 unspecified atom stereocenters. The average molecular weight is 279 g/mol. The Morgan fingerprint density at radius 2 is 2.00 bits per heavy atom. The SMILES string of the molecule is C=CCCN1C(=O)NC2(CCN(CC(C)C)CC2)C1=O. The molecule has 2 aliphatic rings. The minimum Gasteiger partial charge on any atom is -0.323 e. The van der Waals surface area contributed by atoms with E-state index in [1.165, 1.54) is 4.90 Å². The van der Waals surface area contributed by atoms with Crippen LogP contribution >= 0.6 is 0 Å². The first-order chi connectivity index (χ1) is 9.48. The largest absolute Gasteiger partial charge is 0.325 e. The van der Waals surface area contributed by atoms with Crippen molar-refractivity contribution in [1.82, 2.24) is 15.1 Å². The third-order valence-electron chi connectivity index (χ3n) is 4.14. The van der Waals surface area contributed by atoms with Crippen LogP contribution in [0.15, 0.2) is 12.7 Å². The van der Waals surface area contributed by atoms with Crippen LogP contribution in [0.5, 0.6) is 0 Å². The van der Waals surface area contributed by atoms with Crippen molar-refractivity contribution >= 4 is 11.9 Å². The predicted molar refractivity (Wildman–Crippen MR) is 78.3 cm³/mol. The van der Waals surface area contributed by atoms with E-state index in [-0.39, 0.29) is 11.9 Å². The monoisotopic (exact) mass is 279 g/mol. The predicted octanol–water partition coefficient (Wildman–Crippen LogP) is 1.60. The molecule has 0 aromatic heterocycles. The van der Waals surface area contributed by atoms with E-state index in [1.807, 2.05) is 0 Å². The molecule has 0 saturated carbocycles. The van der Waals surface area contributed by atoms with E-state index in [0.717, 1.165) is 32.5 Å². The highest BCUT2D eigenvalue weighted by molar-refractivity contribution is 6.07. The Bertz CT molecular complexity index is 398. The third-order valence-corrected chi connectivity index (χ3v) is 4.14. The second-order valence-corrected chi connectivity index (χ2v) is 6.24. The van der Waals surface area contributed by atoms with Crippen LogP contribution < -0.4 is 5.32 Å². The summed E-state index contributed by atoms with van der Waals surface area (Å²) < 4.78 is 0. The fraction of sp³-hybridized carbons (Fsp3) is 0.733. The molecule has 3 amide bonds. The van der Waals surface area contributed by atoms with Crippen molar-refractivity contribution in [3.05, 3.63) is 12.7 Å². The summed E-state index contributed by atoms with van der Waals surface area (Å²) in [5.41, 5.74) is -0.647. The van der Waals surface area contributed by atoms with Crippen molar-refractivity contribution in [1.29, 1.82) is 0 Å². The number of rotatable bonds is 5. The minimum atomic E-state index is -0.647. The van der Waals surface area contributed by atoms with Crippen LogP contribution in [0, 0.1) is 5.92 Å². The Morgan fingerprint density at radius 1 is 1.35 bits per heavy atom. The lowest BCUT2D eigenvalue weighted by Crippen LogP contribution is -2.55. The lowest BCUT2D eigenvalue weighted by molar-refractivity contribution is -0.133. The lowest BCUT2D eigenvalue weighted by Gasteiger charge is -2.37. The molecule has 1 spiro atoms. The number of urea groups is 1. The van der Waals surface area contributed by atoms with Crippen LogP contribution in [0.1, 0.15) is 33.1 Å². The van der Waals surface area contributed by atoms with Crippen LogP contribution in [-0.4, -0.2) is 53.5 Å². The molecule has 2 fully saturated rings. The summed E-state index contributed by atoms with van der Waals surface area (Å²) in [5, 5.41) is 2.93. The van der Waals surface area contributed by atoms with E-state index >= 15 is 0 Å². The number of carbonyl (C=O) groups is 2. The van der Waals surface area contributed by atoms with Gasteiger partial charge in [-0.3, -0.25) is 9.69 Å². The molecular weight excluding hydrogens is 254 g/mol. The van der Waals surface area contributed by atoms with E-state index in [0.29, 0.717) is 18.9 Å². The Labute approximate surface area is 121 Å². The van der Waals surface area contributed by atoms with Crippen LogP contribution in [0.3, 0.4) is 0 Å². The van der Waals surface area contributed by atoms with Gasteiger partial charge in [0.2, 0.25) is 0 Å². The molecule has 0 aliphatic carbocycles. The van der Waals surface area contributed by atoms with Crippen molar-refractivity contribution in [3.8, 4) is 0 Å². The van der Waals surface area contributed by atoms with Gasteiger partial charge in [0.15, 0.2) is 0 Å². The lowest BCUT2D eigenvalue weighted by atomic mass is 9.87. The van der Waals surface area contributed by atoms with E-state index in [9.17, 15) is 9.59 Å². The zero-order valence-corrected chi connectivity index (χ0v) is 12.5. The van der Waals surface area contributed by atoms with E-state index in [2.05, 4.69) is 30.6 Å². The minimum absolute atomic E-state index is 0.0476. The van der Waals surface area contributed by atoms with Gasteiger partial charge in [-0.1, -0.05) is 19.9 Å². The van der Waals surface area contributed by atoms with Gasteiger partial charge in [0, 0.05) is 26.2 Å². The highest BCUT2D eigenvalue weighted by Crippen LogP contribution is 2.29. The average Bonchev–Trinajstić information content (AvgIpc) is 2.62. The summed E-state index contributed by atoms with van der Waals surface area (Å²) in [6.45, 7) is 11.3. The number of likely N-dealkylation sites (tertiary alicyclic amines) is 1. The topological polar surface area (TPSA) is 52.7 Å². The van der Waals surface area contributed by atoms with Gasteiger partial charge in [-0.05, 0) is 25.2 Å². The Morgan fingerprint density at radius 3 is 2.55 bits per heavy atom. The molecule has 5 nitrogen and oxygen atoms in total. The molecule has 20 heavy (non-hydrogen) atoms. The normalized spacial score (nSPS) is 22.6. The summed E-state index contributed by atoms with van der Waals surface area (Å²) in [6, 6.07) is -0.242. The van der Waals surface area contributed by atoms with Gasteiger partial charge >= 0.3 is 6.03 Å². The molecule has 2 saturated heterocycles. The molecule has 112 valence electrons. The number of hydrogen-bond donors (Lipinski definition) is 1. The second kappa shape index (κ2) is 5.95. The number of amides is 3. The number of piperidine rings is 1. The van der Waals surface area contributed by atoms with Crippen LogP contribution in [0.4, 0.5) is 4.79 Å². The number of hydrogen-bond acceptors (Lipinski definition) is 3. The van der Waals surface area contributed by atoms with Crippen molar-refractivity contribution in [3.63, 3.8) is 0 Å². The summed E-state index contributed by atoms with van der Waals surface area (Å²) in [7, 11) is 0. The first-order valence-electron chi connectivity index (χ1n) is 7.46. The zero-order chi connectivity index (χ0) is 14.8. The van der Waals surface area contributed by atoms with Crippen molar-refractivity contribution in [2.24, 2.45) is 5.92 Å². The molecule has 2 heterocycles. The molecule has 1 N–H and O–H groups in total. The van der Waals surface area contributed by atoms with Crippen molar-refractivity contribution in [2.45, 2.75) is 38.6 Å². The van der Waals surface area contributed by atoms with Crippen LogP contribution in [0.25, 0.3) is 0 Å². The summed E-state index contributed by atoms with van der Waals surface area (Å²) in [5.74, 6) is 0.579. The summed E-state index contributed by atoms with van der Waals surface area (Å²) >= 11 is 0. The highest BCUT2D eigenvalue weighted by Gasteiger charge is 2.51. The Hall–Kier alpha value is -1.36. The molecule has 0 atom stereocenters. The van der Waals surface area contributed by atoms with Crippen molar-refractivity contribution < 1.29 is 9.59 Å². The first kappa shape index (κ1) is 15.0. The van der Waals surface area contributed by atoms with Crippen LogP contribution in [0.2, 0.25) is 0 Å². The quantitative estimate of drug-likeness (QED) is 0.614. The Balaban J connectivity index is 1.98.